The van der Waals surface area contributed by atoms with E-state index in [1.165, 1.54) is 22.3 Å². The number of fused-ring (bicyclic) bond motifs is 1. The number of benzene rings is 2. The number of nitrogens with zero attached hydrogens (tertiary/aromatic N) is 1. The maximum atomic E-state index is 13.2. The molecule has 1 atom stereocenters. The molecule has 1 unspecified atom stereocenters. The SMILES string of the molecule is Cc1cccc(N2C(=O)C(=O)/C(=C(\O)c3ccc4c(c3)CCCC4)C2c2ccco2)c1C. The minimum absolute atomic E-state index is 0.0571. The number of rotatable bonds is 3. The van der Waals surface area contributed by atoms with Crippen LogP contribution >= 0.6 is 0 Å². The fourth-order valence-electron chi connectivity index (χ4n) is 4.83. The van der Waals surface area contributed by atoms with Crippen molar-refractivity contribution in [3.05, 3.63) is 93.9 Å². The molecule has 0 spiro atoms. The smallest absolute Gasteiger partial charge is 0.300 e. The highest BCUT2D eigenvalue weighted by molar-refractivity contribution is 6.51. The first kappa shape index (κ1) is 20.3. The van der Waals surface area contributed by atoms with E-state index in [0.717, 1.165) is 36.8 Å². The van der Waals surface area contributed by atoms with Crippen LogP contribution in [-0.2, 0) is 22.4 Å². The van der Waals surface area contributed by atoms with Gasteiger partial charge in [-0.1, -0.05) is 24.3 Å². The van der Waals surface area contributed by atoms with Gasteiger partial charge in [-0.15, -0.1) is 0 Å². The van der Waals surface area contributed by atoms with Gasteiger partial charge in [0.2, 0.25) is 0 Å². The third-order valence-corrected chi connectivity index (χ3v) is 6.71. The molecule has 1 saturated heterocycles. The summed E-state index contributed by atoms with van der Waals surface area (Å²) in [6, 6.07) is 14.1. The molecule has 1 fully saturated rings. The number of furan rings is 1. The van der Waals surface area contributed by atoms with Crippen molar-refractivity contribution in [2.45, 2.75) is 45.6 Å². The summed E-state index contributed by atoms with van der Waals surface area (Å²) >= 11 is 0. The Balaban J connectivity index is 1.70. The average molecular weight is 428 g/mol. The Bertz CT molecular complexity index is 1250. The Labute approximate surface area is 187 Å². The van der Waals surface area contributed by atoms with Crippen LogP contribution in [0.2, 0.25) is 0 Å². The third-order valence-electron chi connectivity index (χ3n) is 6.71. The van der Waals surface area contributed by atoms with E-state index in [1.54, 1.807) is 12.1 Å². The molecular formula is C27H25NO4. The Morgan fingerprint density at radius 3 is 2.53 bits per heavy atom. The van der Waals surface area contributed by atoms with Crippen LogP contribution in [0, 0.1) is 13.8 Å². The third kappa shape index (κ3) is 3.16. The first-order chi connectivity index (χ1) is 15.5. The highest BCUT2D eigenvalue weighted by Gasteiger charge is 2.48. The van der Waals surface area contributed by atoms with E-state index in [9.17, 15) is 14.7 Å². The number of hydrogen-bond acceptors (Lipinski definition) is 4. The lowest BCUT2D eigenvalue weighted by Crippen LogP contribution is -2.30. The summed E-state index contributed by atoms with van der Waals surface area (Å²) in [5.74, 6) is -1.10. The van der Waals surface area contributed by atoms with E-state index < -0.39 is 17.7 Å². The second kappa shape index (κ2) is 7.83. The van der Waals surface area contributed by atoms with Crippen LogP contribution in [0.25, 0.3) is 5.76 Å². The summed E-state index contributed by atoms with van der Waals surface area (Å²) in [7, 11) is 0. The molecule has 162 valence electrons. The number of aryl methyl sites for hydroxylation is 3. The molecule has 0 bridgehead atoms. The van der Waals surface area contributed by atoms with E-state index >= 15 is 0 Å². The van der Waals surface area contributed by atoms with Crippen molar-refractivity contribution < 1.29 is 19.1 Å². The summed E-state index contributed by atoms with van der Waals surface area (Å²) in [5, 5.41) is 11.3. The zero-order valence-electron chi connectivity index (χ0n) is 18.2. The minimum atomic E-state index is -0.832. The molecule has 5 heteroatoms. The second-order valence-electron chi connectivity index (χ2n) is 8.59. The normalized spacial score (nSPS) is 19.9. The van der Waals surface area contributed by atoms with Crippen molar-refractivity contribution in [2.24, 2.45) is 0 Å². The minimum Gasteiger partial charge on any atom is -0.507 e. The Morgan fingerprint density at radius 1 is 1.00 bits per heavy atom. The second-order valence-corrected chi connectivity index (χ2v) is 8.59. The predicted molar refractivity (Wildman–Crippen MR) is 122 cm³/mol. The highest BCUT2D eigenvalue weighted by Crippen LogP contribution is 2.43. The van der Waals surface area contributed by atoms with Gasteiger partial charge in [-0.05, 0) is 86.1 Å². The zero-order chi connectivity index (χ0) is 22.4. The summed E-state index contributed by atoms with van der Waals surface area (Å²) in [6.07, 6.45) is 5.77. The number of carbonyl (C=O) groups is 2. The van der Waals surface area contributed by atoms with E-state index in [2.05, 4.69) is 0 Å². The van der Waals surface area contributed by atoms with Crippen molar-refractivity contribution in [3.63, 3.8) is 0 Å². The van der Waals surface area contributed by atoms with Gasteiger partial charge in [0.1, 0.15) is 17.6 Å². The van der Waals surface area contributed by atoms with Gasteiger partial charge in [0, 0.05) is 11.3 Å². The van der Waals surface area contributed by atoms with Crippen molar-refractivity contribution in [2.75, 3.05) is 4.90 Å². The van der Waals surface area contributed by atoms with Crippen LogP contribution in [0.5, 0.6) is 0 Å². The number of aliphatic hydroxyl groups excluding tert-OH is 1. The largest absolute Gasteiger partial charge is 0.507 e. The summed E-state index contributed by atoms with van der Waals surface area (Å²) in [5.41, 5.74) is 5.64. The average Bonchev–Trinajstić information content (AvgIpc) is 3.42. The van der Waals surface area contributed by atoms with E-state index in [4.69, 9.17) is 4.42 Å². The van der Waals surface area contributed by atoms with Gasteiger partial charge < -0.3 is 9.52 Å². The summed E-state index contributed by atoms with van der Waals surface area (Å²) in [4.78, 5) is 27.9. The number of carbonyl (C=O) groups excluding carboxylic acids is 2. The number of Topliss-reactive ketones (excluding diaryl/α,β-unsaturated/α-hetero) is 1. The van der Waals surface area contributed by atoms with Crippen LogP contribution in [0.15, 0.2) is 64.8 Å². The lowest BCUT2D eigenvalue weighted by Gasteiger charge is -2.25. The molecule has 0 saturated carbocycles. The van der Waals surface area contributed by atoms with Gasteiger partial charge in [-0.25, -0.2) is 0 Å². The fraction of sp³-hybridized carbons (Fsp3) is 0.259. The summed E-state index contributed by atoms with van der Waals surface area (Å²) in [6.45, 7) is 3.89. The molecule has 1 N–H and O–H groups in total. The van der Waals surface area contributed by atoms with Gasteiger partial charge in [0.25, 0.3) is 11.7 Å². The molecule has 1 aliphatic carbocycles. The number of amides is 1. The number of anilines is 1. The number of hydrogen-bond donors (Lipinski definition) is 1. The first-order valence-electron chi connectivity index (χ1n) is 11.0. The van der Waals surface area contributed by atoms with Crippen LogP contribution in [0.3, 0.4) is 0 Å². The fourth-order valence-corrected chi connectivity index (χ4v) is 4.83. The van der Waals surface area contributed by atoms with Gasteiger partial charge in [0.15, 0.2) is 0 Å². The molecule has 32 heavy (non-hydrogen) atoms. The Kier molecular flexibility index (Phi) is 4.97. The van der Waals surface area contributed by atoms with Crippen LogP contribution in [0.4, 0.5) is 5.69 Å². The lowest BCUT2D eigenvalue weighted by atomic mass is 9.89. The van der Waals surface area contributed by atoms with Crippen LogP contribution < -0.4 is 4.90 Å². The molecule has 1 aromatic heterocycles. The quantitative estimate of drug-likeness (QED) is 0.345. The standard InChI is InChI=1S/C27H25NO4/c1-16-7-5-10-21(17(16)2)28-24(22-11-6-14-32-22)23(26(30)27(28)31)25(29)20-13-12-18-8-3-4-9-19(18)15-20/h5-7,10-15,24,29H,3-4,8-9H2,1-2H3/b25-23-. The molecule has 5 nitrogen and oxygen atoms in total. The maximum absolute atomic E-state index is 13.2. The van der Waals surface area contributed by atoms with Gasteiger partial charge >= 0.3 is 0 Å². The molecule has 1 amide bonds. The first-order valence-corrected chi connectivity index (χ1v) is 11.0. The van der Waals surface area contributed by atoms with Crippen LogP contribution in [0.1, 0.15) is 52.5 Å². The van der Waals surface area contributed by atoms with Crippen LogP contribution in [-0.4, -0.2) is 16.8 Å². The molecular weight excluding hydrogens is 402 g/mol. The maximum Gasteiger partial charge on any atom is 0.300 e. The van der Waals surface area contributed by atoms with Crippen molar-refractivity contribution in [1.82, 2.24) is 0 Å². The molecule has 5 rings (SSSR count). The molecule has 1 aliphatic heterocycles. The van der Waals surface area contributed by atoms with Gasteiger partial charge in [0.05, 0.1) is 11.8 Å². The molecule has 3 aromatic rings. The number of ketones is 1. The van der Waals surface area contributed by atoms with Crippen molar-refractivity contribution in [1.29, 1.82) is 0 Å². The van der Waals surface area contributed by atoms with E-state index in [0.29, 0.717) is 17.0 Å². The lowest BCUT2D eigenvalue weighted by molar-refractivity contribution is -0.132. The molecule has 2 aromatic carbocycles. The Morgan fingerprint density at radius 2 is 1.78 bits per heavy atom. The van der Waals surface area contributed by atoms with E-state index in [-0.39, 0.29) is 11.3 Å². The highest BCUT2D eigenvalue weighted by atomic mass is 16.3. The molecule has 2 aliphatic rings. The van der Waals surface area contributed by atoms with E-state index in [1.807, 2.05) is 50.2 Å². The zero-order valence-corrected chi connectivity index (χ0v) is 18.2. The molecule has 0 radical (unpaired) electrons. The Hall–Kier alpha value is -3.60. The topological polar surface area (TPSA) is 70.8 Å². The summed E-state index contributed by atoms with van der Waals surface area (Å²) < 4.78 is 5.65. The monoisotopic (exact) mass is 427 g/mol. The van der Waals surface area contributed by atoms with Gasteiger partial charge in [-0.2, -0.15) is 0 Å². The molecule has 2 heterocycles. The van der Waals surface area contributed by atoms with Crippen molar-refractivity contribution >= 4 is 23.1 Å². The number of aliphatic hydroxyl groups is 1. The van der Waals surface area contributed by atoms with Crippen molar-refractivity contribution in [3.8, 4) is 0 Å². The predicted octanol–water partition coefficient (Wildman–Crippen LogP) is 5.40. The van der Waals surface area contributed by atoms with Gasteiger partial charge in [-0.3, -0.25) is 14.5 Å².